The topological polar surface area (TPSA) is 49.7 Å². The predicted octanol–water partition coefficient (Wildman–Crippen LogP) is 4.78. The lowest BCUT2D eigenvalue weighted by Gasteiger charge is -2.07. The van der Waals surface area contributed by atoms with Crippen molar-refractivity contribution in [3.63, 3.8) is 0 Å². The van der Waals surface area contributed by atoms with E-state index in [9.17, 15) is 10.0 Å². The molecule has 1 N–H and O–H groups in total. The van der Waals surface area contributed by atoms with Crippen LogP contribution in [0.4, 0.5) is 0 Å². The van der Waals surface area contributed by atoms with Crippen LogP contribution in [-0.2, 0) is 0 Å². The standard InChI is InChI=1S/C19H15NO2S/c1-13-5-2-3-6-16(13)18(20-22)19(21)15-10-8-14(9-11-15)17-7-4-12-23-17/h2-12,22H,1H3. The number of hydrogen-bond donors (Lipinski definition) is 1. The Labute approximate surface area is 138 Å². The summed E-state index contributed by atoms with van der Waals surface area (Å²) in [5.41, 5.74) is 3.16. The van der Waals surface area contributed by atoms with Gasteiger partial charge in [0.15, 0.2) is 5.71 Å². The zero-order valence-corrected chi connectivity index (χ0v) is 13.4. The Morgan fingerprint density at radius 1 is 1.00 bits per heavy atom. The van der Waals surface area contributed by atoms with E-state index in [1.165, 1.54) is 0 Å². The number of ketones is 1. The first kappa shape index (κ1) is 15.2. The van der Waals surface area contributed by atoms with Gasteiger partial charge in [-0.25, -0.2) is 0 Å². The molecule has 1 heterocycles. The average molecular weight is 321 g/mol. The van der Waals surface area contributed by atoms with Gasteiger partial charge in [-0.1, -0.05) is 59.8 Å². The van der Waals surface area contributed by atoms with Crippen molar-refractivity contribution in [2.75, 3.05) is 0 Å². The Morgan fingerprint density at radius 3 is 2.35 bits per heavy atom. The smallest absolute Gasteiger partial charge is 0.215 e. The van der Waals surface area contributed by atoms with Gasteiger partial charge in [-0.15, -0.1) is 11.3 Å². The van der Waals surface area contributed by atoms with Crippen LogP contribution >= 0.6 is 11.3 Å². The van der Waals surface area contributed by atoms with E-state index in [1.807, 2.05) is 54.8 Å². The second-order valence-corrected chi connectivity index (χ2v) is 6.09. The number of rotatable bonds is 4. The van der Waals surface area contributed by atoms with Crippen LogP contribution in [-0.4, -0.2) is 16.7 Å². The van der Waals surface area contributed by atoms with Gasteiger partial charge in [-0.2, -0.15) is 0 Å². The molecular formula is C19H15NO2S. The normalized spacial score (nSPS) is 11.4. The van der Waals surface area contributed by atoms with Crippen LogP contribution in [0, 0.1) is 6.92 Å². The summed E-state index contributed by atoms with van der Waals surface area (Å²) in [5.74, 6) is -0.292. The number of carbonyl (C=O) groups is 1. The maximum Gasteiger partial charge on any atom is 0.215 e. The number of thiophene rings is 1. The van der Waals surface area contributed by atoms with E-state index in [1.54, 1.807) is 29.5 Å². The van der Waals surface area contributed by atoms with Crippen molar-refractivity contribution in [3.8, 4) is 10.4 Å². The molecule has 1 aromatic heterocycles. The molecule has 2 aromatic carbocycles. The summed E-state index contributed by atoms with van der Waals surface area (Å²) in [6, 6.07) is 18.7. The van der Waals surface area contributed by atoms with Gasteiger partial charge in [-0.05, 0) is 29.5 Å². The van der Waals surface area contributed by atoms with Crippen molar-refractivity contribution in [2.45, 2.75) is 6.92 Å². The summed E-state index contributed by atoms with van der Waals surface area (Å²) in [4.78, 5) is 13.8. The predicted molar refractivity (Wildman–Crippen MR) is 93.6 cm³/mol. The molecule has 0 atom stereocenters. The van der Waals surface area contributed by atoms with E-state index >= 15 is 0 Å². The molecule has 0 aliphatic carbocycles. The van der Waals surface area contributed by atoms with Gasteiger partial charge in [0.25, 0.3) is 0 Å². The van der Waals surface area contributed by atoms with Gasteiger partial charge in [0.1, 0.15) is 0 Å². The molecule has 0 spiro atoms. The first-order chi connectivity index (χ1) is 11.2. The van der Waals surface area contributed by atoms with E-state index in [-0.39, 0.29) is 11.5 Å². The molecule has 0 amide bonds. The lowest BCUT2D eigenvalue weighted by atomic mass is 9.97. The first-order valence-corrected chi connectivity index (χ1v) is 8.05. The van der Waals surface area contributed by atoms with Crippen molar-refractivity contribution in [1.29, 1.82) is 0 Å². The molecule has 0 saturated carbocycles. The van der Waals surface area contributed by atoms with Crippen LogP contribution in [0.15, 0.2) is 71.2 Å². The number of aryl methyl sites for hydroxylation is 1. The quantitative estimate of drug-likeness (QED) is 0.325. The summed E-state index contributed by atoms with van der Waals surface area (Å²) in [6.07, 6.45) is 0. The molecule has 3 aromatic rings. The summed E-state index contributed by atoms with van der Waals surface area (Å²) in [7, 11) is 0. The third-order valence-electron chi connectivity index (χ3n) is 3.67. The highest BCUT2D eigenvalue weighted by Crippen LogP contribution is 2.25. The van der Waals surface area contributed by atoms with Crippen molar-refractivity contribution >= 4 is 22.8 Å². The van der Waals surface area contributed by atoms with Crippen LogP contribution in [0.25, 0.3) is 10.4 Å². The average Bonchev–Trinajstić information content (AvgIpc) is 3.12. The molecular weight excluding hydrogens is 306 g/mol. The van der Waals surface area contributed by atoms with Crippen LogP contribution < -0.4 is 0 Å². The molecule has 0 unspecified atom stereocenters. The summed E-state index contributed by atoms with van der Waals surface area (Å²) < 4.78 is 0. The number of hydrogen-bond acceptors (Lipinski definition) is 4. The van der Waals surface area contributed by atoms with E-state index in [0.717, 1.165) is 16.0 Å². The molecule has 3 rings (SSSR count). The second kappa shape index (κ2) is 6.58. The lowest BCUT2D eigenvalue weighted by molar-refractivity contribution is 0.106. The maximum atomic E-state index is 12.6. The molecule has 3 nitrogen and oxygen atoms in total. The van der Waals surface area contributed by atoms with Crippen molar-refractivity contribution in [3.05, 3.63) is 82.7 Å². The van der Waals surface area contributed by atoms with Gasteiger partial charge in [0.2, 0.25) is 5.78 Å². The zero-order valence-electron chi connectivity index (χ0n) is 12.6. The minimum Gasteiger partial charge on any atom is -0.410 e. The first-order valence-electron chi connectivity index (χ1n) is 7.17. The summed E-state index contributed by atoms with van der Waals surface area (Å²) >= 11 is 1.65. The Kier molecular flexibility index (Phi) is 4.35. The molecule has 0 saturated heterocycles. The largest absolute Gasteiger partial charge is 0.410 e. The monoisotopic (exact) mass is 321 g/mol. The molecule has 0 aliphatic rings. The Balaban J connectivity index is 1.92. The minimum atomic E-state index is -0.292. The molecule has 0 fully saturated rings. The minimum absolute atomic E-state index is 0.0620. The fraction of sp³-hybridized carbons (Fsp3) is 0.0526. The van der Waals surface area contributed by atoms with Gasteiger partial charge in [-0.3, -0.25) is 4.79 Å². The van der Waals surface area contributed by atoms with Crippen LogP contribution in [0.5, 0.6) is 0 Å². The SMILES string of the molecule is Cc1ccccc1C(=NO)C(=O)c1ccc(-c2cccs2)cc1. The molecule has 0 bridgehead atoms. The van der Waals surface area contributed by atoms with Crippen LogP contribution in [0.2, 0.25) is 0 Å². The van der Waals surface area contributed by atoms with Crippen LogP contribution in [0.3, 0.4) is 0 Å². The lowest BCUT2D eigenvalue weighted by Crippen LogP contribution is -2.17. The highest BCUT2D eigenvalue weighted by Gasteiger charge is 2.18. The number of Topliss-reactive ketones (excluding diaryl/α,β-unsaturated/α-hetero) is 1. The van der Waals surface area contributed by atoms with Crippen molar-refractivity contribution < 1.29 is 10.0 Å². The molecule has 0 aliphatic heterocycles. The van der Waals surface area contributed by atoms with Gasteiger partial charge >= 0.3 is 0 Å². The Bertz CT molecular complexity index is 849. The van der Waals surface area contributed by atoms with E-state index < -0.39 is 0 Å². The van der Waals surface area contributed by atoms with E-state index in [2.05, 4.69) is 5.16 Å². The van der Waals surface area contributed by atoms with Crippen molar-refractivity contribution in [2.24, 2.45) is 5.16 Å². The van der Waals surface area contributed by atoms with E-state index in [0.29, 0.717) is 11.1 Å². The second-order valence-electron chi connectivity index (χ2n) is 5.15. The summed E-state index contributed by atoms with van der Waals surface area (Å²) in [5, 5.41) is 14.6. The van der Waals surface area contributed by atoms with Gasteiger partial charge < -0.3 is 5.21 Å². The highest BCUT2D eigenvalue weighted by molar-refractivity contribution is 7.13. The van der Waals surface area contributed by atoms with Crippen LogP contribution in [0.1, 0.15) is 21.5 Å². The fourth-order valence-electron chi connectivity index (χ4n) is 2.43. The summed E-state index contributed by atoms with van der Waals surface area (Å²) in [6.45, 7) is 1.88. The Morgan fingerprint density at radius 2 is 1.74 bits per heavy atom. The van der Waals surface area contributed by atoms with Gasteiger partial charge in [0.05, 0.1) is 0 Å². The number of oxime groups is 1. The van der Waals surface area contributed by atoms with E-state index in [4.69, 9.17) is 0 Å². The molecule has 23 heavy (non-hydrogen) atoms. The van der Waals surface area contributed by atoms with Gasteiger partial charge in [0, 0.05) is 16.0 Å². The van der Waals surface area contributed by atoms with Crippen molar-refractivity contribution in [1.82, 2.24) is 0 Å². The maximum absolute atomic E-state index is 12.6. The molecule has 0 radical (unpaired) electrons. The molecule has 4 heteroatoms. The zero-order chi connectivity index (χ0) is 16.2. The molecule has 114 valence electrons. The number of benzene rings is 2. The third kappa shape index (κ3) is 3.07. The number of nitrogens with zero attached hydrogens (tertiary/aromatic N) is 1. The Hall–Kier alpha value is -2.72. The third-order valence-corrected chi connectivity index (χ3v) is 4.59. The number of carbonyl (C=O) groups excluding carboxylic acids is 1. The highest BCUT2D eigenvalue weighted by atomic mass is 32.1. The fourth-order valence-corrected chi connectivity index (χ4v) is 3.16.